The highest BCUT2D eigenvalue weighted by atomic mass is 16.2. The van der Waals surface area contributed by atoms with E-state index in [9.17, 15) is 4.79 Å². The minimum atomic E-state index is 0.189. The van der Waals surface area contributed by atoms with Crippen LogP contribution < -0.4 is 10.6 Å². The Hall–Kier alpha value is -1.30. The molecule has 1 heterocycles. The van der Waals surface area contributed by atoms with Crippen LogP contribution in [-0.4, -0.2) is 74.0 Å². The second-order valence-corrected chi connectivity index (χ2v) is 7.85. The Morgan fingerprint density at radius 1 is 1.12 bits per heavy atom. The molecule has 6 nitrogen and oxygen atoms in total. The van der Waals surface area contributed by atoms with Crippen molar-refractivity contribution in [1.82, 2.24) is 20.4 Å². The van der Waals surface area contributed by atoms with E-state index in [4.69, 9.17) is 0 Å². The molecular formula is C19H37N5O. The Morgan fingerprint density at radius 3 is 2.28 bits per heavy atom. The van der Waals surface area contributed by atoms with Crippen LogP contribution in [0, 0.1) is 11.8 Å². The van der Waals surface area contributed by atoms with Crippen molar-refractivity contribution in [3.05, 3.63) is 0 Å². The van der Waals surface area contributed by atoms with E-state index in [2.05, 4.69) is 34.4 Å². The lowest BCUT2D eigenvalue weighted by Crippen LogP contribution is -2.51. The number of hydrogen-bond donors (Lipinski definition) is 2. The van der Waals surface area contributed by atoms with Gasteiger partial charge in [0, 0.05) is 59.3 Å². The van der Waals surface area contributed by atoms with Gasteiger partial charge in [0.2, 0.25) is 5.91 Å². The molecule has 2 aliphatic rings. The summed E-state index contributed by atoms with van der Waals surface area (Å²) < 4.78 is 0. The SMILES string of the molecule is CN=C(NCCN1CCN(C(C)=O)CC1)NC1CCC(C(C)C)CC1. The van der Waals surface area contributed by atoms with Crippen LogP contribution in [0.3, 0.4) is 0 Å². The van der Waals surface area contributed by atoms with Gasteiger partial charge in [0.05, 0.1) is 0 Å². The van der Waals surface area contributed by atoms with Crippen LogP contribution in [0.4, 0.5) is 0 Å². The third-order valence-electron chi connectivity index (χ3n) is 5.82. The van der Waals surface area contributed by atoms with Crippen molar-refractivity contribution in [1.29, 1.82) is 0 Å². The largest absolute Gasteiger partial charge is 0.355 e. The molecule has 0 bridgehead atoms. The number of aliphatic imine (C=N–C) groups is 1. The molecule has 2 N–H and O–H groups in total. The highest BCUT2D eigenvalue weighted by Crippen LogP contribution is 2.29. The molecule has 0 aromatic heterocycles. The first kappa shape index (κ1) is 20.0. The lowest BCUT2D eigenvalue weighted by Gasteiger charge is -2.34. The number of piperazine rings is 1. The van der Waals surface area contributed by atoms with Crippen molar-refractivity contribution in [3.8, 4) is 0 Å². The van der Waals surface area contributed by atoms with Gasteiger partial charge in [0.25, 0.3) is 0 Å². The smallest absolute Gasteiger partial charge is 0.219 e. The molecule has 0 aromatic carbocycles. The molecule has 2 rings (SSSR count). The quantitative estimate of drug-likeness (QED) is 0.583. The predicted molar refractivity (Wildman–Crippen MR) is 104 cm³/mol. The summed E-state index contributed by atoms with van der Waals surface area (Å²) in [7, 11) is 1.85. The van der Waals surface area contributed by atoms with E-state index in [1.807, 2.05) is 11.9 Å². The summed E-state index contributed by atoms with van der Waals surface area (Å²) in [5, 5.41) is 7.04. The molecule has 2 fully saturated rings. The van der Waals surface area contributed by atoms with Gasteiger partial charge in [-0.2, -0.15) is 0 Å². The van der Waals surface area contributed by atoms with Crippen LogP contribution in [0.15, 0.2) is 4.99 Å². The van der Waals surface area contributed by atoms with Gasteiger partial charge in [-0.1, -0.05) is 13.8 Å². The summed E-state index contributed by atoms with van der Waals surface area (Å²) in [6.07, 6.45) is 5.15. The van der Waals surface area contributed by atoms with E-state index in [0.717, 1.165) is 57.1 Å². The minimum Gasteiger partial charge on any atom is -0.355 e. The highest BCUT2D eigenvalue weighted by molar-refractivity contribution is 5.79. The molecular weight excluding hydrogens is 314 g/mol. The molecule has 6 heteroatoms. The number of nitrogens with one attached hydrogen (secondary N) is 2. The summed E-state index contributed by atoms with van der Waals surface area (Å²) in [4.78, 5) is 20.1. The predicted octanol–water partition coefficient (Wildman–Crippen LogP) is 1.53. The van der Waals surface area contributed by atoms with Crippen molar-refractivity contribution in [2.75, 3.05) is 46.3 Å². The second-order valence-electron chi connectivity index (χ2n) is 7.85. The zero-order valence-corrected chi connectivity index (χ0v) is 16.6. The molecule has 1 saturated carbocycles. The van der Waals surface area contributed by atoms with Crippen molar-refractivity contribution < 1.29 is 4.79 Å². The monoisotopic (exact) mass is 351 g/mol. The van der Waals surface area contributed by atoms with Crippen molar-refractivity contribution in [3.63, 3.8) is 0 Å². The van der Waals surface area contributed by atoms with E-state index in [-0.39, 0.29) is 5.91 Å². The maximum atomic E-state index is 11.4. The topological polar surface area (TPSA) is 60.0 Å². The molecule has 0 unspecified atom stereocenters. The number of guanidine groups is 1. The van der Waals surface area contributed by atoms with Crippen molar-refractivity contribution in [2.24, 2.45) is 16.8 Å². The van der Waals surface area contributed by atoms with Gasteiger partial charge < -0.3 is 15.5 Å². The molecule has 144 valence electrons. The molecule has 0 atom stereocenters. The molecule has 1 aliphatic heterocycles. The number of hydrogen-bond acceptors (Lipinski definition) is 3. The van der Waals surface area contributed by atoms with E-state index in [0.29, 0.717) is 6.04 Å². The summed E-state index contributed by atoms with van der Waals surface area (Å²) in [6, 6.07) is 0.556. The molecule has 1 amide bonds. The molecule has 1 saturated heterocycles. The fraction of sp³-hybridized carbons (Fsp3) is 0.895. The first-order chi connectivity index (χ1) is 12.0. The number of carbonyl (C=O) groups excluding carboxylic acids is 1. The maximum Gasteiger partial charge on any atom is 0.219 e. The standard InChI is InChI=1S/C19H37N5O/c1-15(2)17-5-7-18(8-6-17)22-19(20-4)21-9-10-23-11-13-24(14-12-23)16(3)25/h15,17-18H,5-14H2,1-4H3,(H2,20,21,22). The van der Waals surface area contributed by atoms with E-state index in [1.165, 1.54) is 25.7 Å². The summed E-state index contributed by atoms with van der Waals surface area (Å²) in [6.45, 7) is 11.8. The Morgan fingerprint density at radius 2 is 1.76 bits per heavy atom. The van der Waals surface area contributed by atoms with Gasteiger partial charge in [0.15, 0.2) is 5.96 Å². The van der Waals surface area contributed by atoms with E-state index in [1.54, 1.807) is 6.92 Å². The first-order valence-corrected chi connectivity index (χ1v) is 9.94. The van der Waals surface area contributed by atoms with Crippen LogP contribution >= 0.6 is 0 Å². The number of nitrogens with zero attached hydrogens (tertiary/aromatic N) is 3. The van der Waals surface area contributed by atoms with Crippen LogP contribution in [-0.2, 0) is 4.79 Å². The lowest BCUT2D eigenvalue weighted by molar-refractivity contribution is -0.130. The fourth-order valence-corrected chi connectivity index (χ4v) is 3.94. The number of carbonyl (C=O) groups is 1. The third kappa shape index (κ3) is 6.49. The van der Waals surface area contributed by atoms with Gasteiger partial charge in [0.1, 0.15) is 0 Å². The van der Waals surface area contributed by atoms with Gasteiger partial charge >= 0.3 is 0 Å². The molecule has 25 heavy (non-hydrogen) atoms. The summed E-state index contributed by atoms with van der Waals surface area (Å²) in [5.74, 6) is 2.81. The van der Waals surface area contributed by atoms with Crippen LogP contribution in [0.25, 0.3) is 0 Å². The van der Waals surface area contributed by atoms with Gasteiger partial charge in [-0.25, -0.2) is 0 Å². The molecule has 1 aliphatic carbocycles. The second kappa shape index (κ2) is 10.00. The van der Waals surface area contributed by atoms with Gasteiger partial charge in [-0.3, -0.25) is 14.7 Å². The fourth-order valence-electron chi connectivity index (χ4n) is 3.94. The molecule has 0 spiro atoms. The Balaban J connectivity index is 1.62. The summed E-state index contributed by atoms with van der Waals surface area (Å²) in [5.41, 5.74) is 0. The average molecular weight is 352 g/mol. The minimum absolute atomic E-state index is 0.189. The first-order valence-electron chi connectivity index (χ1n) is 9.94. The highest BCUT2D eigenvalue weighted by Gasteiger charge is 2.23. The Kier molecular flexibility index (Phi) is 8.00. The van der Waals surface area contributed by atoms with Gasteiger partial charge in [-0.15, -0.1) is 0 Å². The number of rotatable bonds is 5. The molecule has 0 radical (unpaired) electrons. The van der Waals surface area contributed by atoms with Crippen LogP contribution in [0.1, 0.15) is 46.5 Å². The van der Waals surface area contributed by atoms with Gasteiger partial charge in [-0.05, 0) is 37.5 Å². The molecule has 0 aromatic rings. The maximum absolute atomic E-state index is 11.4. The number of amides is 1. The van der Waals surface area contributed by atoms with Crippen molar-refractivity contribution >= 4 is 11.9 Å². The zero-order chi connectivity index (χ0) is 18.2. The average Bonchev–Trinajstić information content (AvgIpc) is 2.61. The third-order valence-corrected chi connectivity index (χ3v) is 5.82. The van der Waals surface area contributed by atoms with E-state index < -0.39 is 0 Å². The van der Waals surface area contributed by atoms with E-state index >= 15 is 0 Å². The summed E-state index contributed by atoms with van der Waals surface area (Å²) >= 11 is 0. The zero-order valence-electron chi connectivity index (χ0n) is 16.6. The Labute approximate surface area is 153 Å². The normalized spacial score (nSPS) is 26.0. The van der Waals surface area contributed by atoms with Crippen LogP contribution in [0.2, 0.25) is 0 Å². The lowest BCUT2D eigenvalue weighted by atomic mass is 9.80. The van der Waals surface area contributed by atoms with Crippen LogP contribution in [0.5, 0.6) is 0 Å². The van der Waals surface area contributed by atoms with Crippen molar-refractivity contribution in [2.45, 2.75) is 52.5 Å². The Bertz CT molecular complexity index is 435.